The highest BCUT2D eigenvalue weighted by atomic mass is 16.5. The van der Waals surface area contributed by atoms with Gasteiger partial charge in [-0.05, 0) is 30.2 Å². The molecule has 0 amide bonds. The molecule has 0 saturated carbocycles. The molecule has 1 aromatic carbocycles. The fourth-order valence-corrected chi connectivity index (χ4v) is 4.35. The molecule has 0 bridgehead atoms. The second-order valence-corrected chi connectivity index (χ2v) is 8.85. The van der Waals surface area contributed by atoms with Gasteiger partial charge in [0.25, 0.3) is 0 Å². The predicted octanol–water partition coefficient (Wildman–Crippen LogP) is 3.51. The van der Waals surface area contributed by atoms with Gasteiger partial charge in [0.1, 0.15) is 18.2 Å². The summed E-state index contributed by atoms with van der Waals surface area (Å²) in [6, 6.07) is 8.07. The van der Waals surface area contributed by atoms with Crippen LogP contribution in [0.5, 0.6) is 5.88 Å². The van der Waals surface area contributed by atoms with E-state index < -0.39 is 0 Å². The minimum atomic E-state index is -0.329. The van der Waals surface area contributed by atoms with Crippen LogP contribution in [-0.4, -0.2) is 58.9 Å². The summed E-state index contributed by atoms with van der Waals surface area (Å²) in [5.74, 6) is 1.97. The van der Waals surface area contributed by atoms with Crippen molar-refractivity contribution in [2.24, 2.45) is 0 Å². The van der Waals surface area contributed by atoms with E-state index in [4.69, 9.17) is 14.0 Å². The van der Waals surface area contributed by atoms with Crippen LogP contribution in [-0.2, 0) is 11.2 Å². The molecule has 4 heterocycles. The maximum atomic E-state index is 11.8. The number of anilines is 3. The molecule has 5 rings (SSSR count). The number of methoxy groups -OCH3 is 1. The van der Waals surface area contributed by atoms with Crippen LogP contribution in [0.15, 0.2) is 35.1 Å². The van der Waals surface area contributed by atoms with Crippen LogP contribution in [0, 0.1) is 0 Å². The molecule has 2 aromatic heterocycles. The molecule has 2 aliphatic rings. The summed E-state index contributed by atoms with van der Waals surface area (Å²) in [5.41, 5.74) is 2.69. The number of piperidine rings is 1. The van der Waals surface area contributed by atoms with Crippen LogP contribution >= 0.6 is 0 Å². The largest absolute Gasteiger partial charge is 0.474 e. The van der Waals surface area contributed by atoms with Crippen molar-refractivity contribution in [2.45, 2.75) is 45.1 Å². The molecule has 0 unspecified atom stereocenters. The lowest BCUT2D eigenvalue weighted by molar-refractivity contribution is 0.0600. The van der Waals surface area contributed by atoms with Gasteiger partial charge in [-0.3, -0.25) is 0 Å². The Kier molecular flexibility index (Phi) is 6.04. The highest BCUT2D eigenvalue weighted by molar-refractivity contribution is 5.90. The van der Waals surface area contributed by atoms with Gasteiger partial charge < -0.3 is 23.8 Å². The van der Waals surface area contributed by atoms with Gasteiger partial charge in [-0.25, -0.2) is 14.8 Å². The van der Waals surface area contributed by atoms with Gasteiger partial charge in [-0.1, -0.05) is 19.0 Å². The summed E-state index contributed by atoms with van der Waals surface area (Å²) >= 11 is 0. The maximum absolute atomic E-state index is 11.8. The Hall–Kier alpha value is -3.69. The summed E-state index contributed by atoms with van der Waals surface area (Å²) in [5, 5.41) is 4.06. The summed E-state index contributed by atoms with van der Waals surface area (Å²) < 4.78 is 16.5. The molecule has 3 aromatic rings. The number of fused-ring (bicyclic) bond motifs is 1. The Morgan fingerprint density at radius 2 is 1.97 bits per heavy atom. The van der Waals surface area contributed by atoms with Crippen molar-refractivity contribution in [3.05, 3.63) is 47.5 Å². The van der Waals surface area contributed by atoms with Crippen molar-refractivity contribution in [2.75, 3.05) is 36.5 Å². The van der Waals surface area contributed by atoms with Crippen molar-refractivity contribution >= 4 is 23.5 Å². The van der Waals surface area contributed by atoms with Gasteiger partial charge in [0.05, 0.1) is 12.7 Å². The van der Waals surface area contributed by atoms with E-state index in [0.29, 0.717) is 17.5 Å². The molecule has 0 spiro atoms. The lowest BCUT2D eigenvalue weighted by Crippen LogP contribution is -2.38. The van der Waals surface area contributed by atoms with Crippen LogP contribution in [0.3, 0.4) is 0 Å². The van der Waals surface area contributed by atoms with Crippen LogP contribution < -0.4 is 14.5 Å². The summed E-state index contributed by atoms with van der Waals surface area (Å²) in [6.45, 7) is 6.43. The monoisotopic (exact) mass is 464 g/mol. The van der Waals surface area contributed by atoms with Crippen molar-refractivity contribution in [3.63, 3.8) is 0 Å². The molecule has 0 aliphatic carbocycles. The molecule has 0 N–H and O–H groups in total. The first-order valence-electron chi connectivity index (χ1n) is 11.6. The molecular formula is C24H28N6O4. The molecule has 10 nitrogen and oxygen atoms in total. The van der Waals surface area contributed by atoms with Crippen LogP contribution in [0.2, 0.25) is 0 Å². The molecule has 1 fully saturated rings. The Morgan fingerprint density at radius 3 is 2.71 bits per heavy atom. The Labute approximate surface area is 197 Å². The number of hydrogen-bond donors (Lipinski definition) is 0. The van der Waals surface area contributed by atoms with Crippen LogP contribution in [0.25, 0.3) is 0 Å². The highest BCUT2D eigenvalue weighted by Crippen LogP contribution is 2.35. The maximum Gasteiger partial charge on any atom is 0.337 e. The van der Waals surface area contributed by atoms with E-state index in [1.165, 1.54) is 13.4 Å². The summed E-state index contributed by atoms with van der Waals surface area (Å²) in [7, 11) is 1.39. The fourth-order valence-electron chi connectivity index (χ4n) is 4.35. The minimum absolute atomic E-state index is 0.0555. The topological polar surface area (TPSA) is 107 Å². The number of hydrogen-bond acceptors (Lipinski definition) is 10. The van der Waals surface area contributed by atoms with Crippen LogP contribution in [0.1, 0.15) is 54.4 Å². The summed E-state index contributed by atoms with van der Waals surface area (Å²) in [6.07, 6.45) is 4.09. The van der Waals surface area contributed by atoms with Crippen molar-refractivity contribution < 1.29 is 18.8 Å². The minimum Gasteiger partial charge on any atom is -0.474 e. The second-order valence-electron chi connectivity index (χ2n) is 8.85. The molecular weight excluding hydrogens is 436 g/mol. The third-order valence-corrected chi connectivity index (χ3v) is 6.25. The van der Waals surface area contributed by atoms with Gasteiger partial charge in [0, 0.05) is 50.1 Å². The third kappa shape index (κ3) is 4.40. The first-order valence-corrected chi connectivity index (χ1v) is 11.6. The Bertz CT molecular complexity index is 1170. The fraction of sp³-hybridized carbons (Fsp3) is 0.458. The molecule has 34 heavy (non-hydrogen) atoms. The Balaban J connectivity index is 1.22. The number of esters is 1. The number of rotatable bonds is 6. The number of ether oxygens (including phenoxy) is 2. The van der Waals surface area contributed by atoms with E-state index in [0.717, 1.165) is 61.8 Å². The number of nitrogens with zero attached hydrogens (tertiary/aromatic N) is 6. The second kappa shape index (κ2) is 9.28. The SMILES string of the molecule is COC(=O)c1ccc2c(c1)CCN2c1cc(OC2CCN(c3nc(C(C)C)no3)CC2)ncn1. The smallest absolute Gasteiger partial charge is 0.337 e. The molecule has 0 atom stereocenters. The van der Waals surface area contributed by atoms with E-state index in [-0.39, 0.29) is 18.0 Å². The normalized spacial score (nSPS) is 16.1. The van der Waals surface area contributed by atoms with E-state index >= 15 is 0 Å². The van der Waals surface area contributed by atoms with Crippen molar-refractivity contribution in [3.8, 4) is 5.88 Å². The molecule has 178 valence electrons. The zero-order valence-electron chi connectivity index (χ0n) is 19.6. The molecule has 0 radical (unpaired) electrons. The zero-order valence-corrected chi connectivity index (χ0v) is 19.6. The lowest BCUT2D eigenvalue weighted by Gasteiger charge is -2.30. The van der Waals surface area contributed by atoms with Gasteiger partial charge in [-0.2, -0.15) is 4.98 Å². The van der Waals surface area contributed by atoms with Gasteiger partial charge in [-0.15, -0.1) is 0 Å². The number of aromatic nitrogens is 4. The average Bonchev–Trinajstić information content (AvgIpc) is 3.52. The first-order chi connectivity index (χ1) is 16.5. The Morgan fingerprint density at radius 1 is 1.15 bits per heavy atom. The average molecular weight is 465 g/mol. The van der Waals surface area contributed by atoms with E-state index in [9.17, 15) is 4.79 Å². The number of carbonyl (C=O) groups excluding carboxylic acids is 1. The number of benzene rings is 1. The molecule has 10 heteroatoms. The van der Waals surface area contributed by atoms with E-state index in [1.54, 1.807) is 6.07 Å². The summed E-state index contributed by atoms with van der Waals surface area (Å²) in [4.78, 5) is 29.4. The van der Waals surface area contributed by atoms with Crippen LogP contribution in [0.4, 0.5) is 17.5 Å². The van der Waals surface area contributed by atoms with Crippen molar-refractivity contribution in [1.82, 2.24) is 20.1 Å². The van der Waals surface area contributed by atoms with Gasteiger partial charge >= 0.3 is 12.0 Å². The van der Waals surface area contributed by atoms with Gasteiger partial charge in [0.2, 0.25) is 5.88 Å². The standard InChI is InChI=1S/C24H28N6O4/c1-15(2)22-27-24(34-28-22)29-9-7-18(8-10-29)33-21-13-20(25-14-26-21)30-11-6-16-12-17(23(31)32-3)4-5-19(16)30/h4-5,12-15,18H,6-11H2,1-3H3. The quantitative estimate of drug-likeness (QED) is 0.503. The zero-order chi connectivity index (χ0) is 23.7. The van der Waals surface area contributed by atoms with E-state index in [2.05, 4.69) is 29.9 Å². The first kappa shape index (κ1) is 22.1. The van der Waals surface area contributed by atoms with Crippen molar-refractivity contribution in [1.29, 1.82) is 0 Å². The third-order valence-electron chi connectivity index (χ3n) is 6.25. The molecule has 1 saturated heterocycles. The van der Waals surface area contributed by atoms with E-state index in [1.807, 2.05) is 32.0 Å². The lowest BCUT2D eigenvalue weighted by atomic mass is 10.1. The molecule has 2 aliphatic heterocycles. The number of carbonyl (C=O) groups is 1. The highest BCUT2D eigenvalue weighted by Gasteiger charge is 2.26. The van der Waals surface area contributed by atoms with Gasteiger partial charge in [0.15, 0.2) is 5.82 Å². The predicted molar refractivity (Wildman–Crippen MR) is 125 cm³/mol.